The van der Waals surface area contributed by atoms with E-state index in [9.17, 15) is 22.0 Å². The van der Waals surface area contributed by atoms with E-state index in [0.717, 1.165) is 209 Å². The van der Waals surface area contributed by atoms with Crippen molar-refractivity contribution < 1.29 is 36.2 Å². The van der Waals surface area contributed by atoms with E-state index >= 15 is 0 Å². The van der Waals surface area contributed by atoms with E-state index in [2.05, 4.69) is 148 Å². The molecule has 0 aliphatic heterocycles. The number of pyridine rings is 7. The number of sulfonamides is 1. The molecule has 0 saturated heterocycles. The summed E-state index contributed by atoms with van der Waals surface area (Å²) in [7, 11) is 0.166. The number of para-hydroxylation sites is 3. The summed E-state index contributed by atoms with van der Waals surface area (Å²) in [6, 6.07) is 64.0. The average molecular weight is 1900 g/mol. The predicted octanol–water partition coefficient (Wildman–Crippen LogP) is 21.6. The third-order valence-electron chi connectivity index (χ3n) is 21.2. The van der Waals surface area contributed by atoms with Crippen LogP contribution in [0.5, 0.6) is 17.2 Å². The van der Waals surface area contributed by atoms with Crippen molar-refractivity contribution in [2.24, 2.45) is 0 Å². The molecule has 14 aromatic heterocycles. The monoisotopic (exact) mass is 1900 g/mol. The number of H-pyrrole nitrogens is 7. The van der Waals surface area contributed by atoms with Crippen LogP contribution in [-0.2, 0) is 10.0 Å². The van der Waals surface area contributed by atoms with Crippen LogP contribution in [0.3, 0.4) is 0 Å². The van der Waals surface area contributed by atoms with Crippen molar-refractivity contribution in [1.29, 1.82) is 0 Å². The minimum absolute atomic E-state index is 0.0162. The minimum Gasteiger partial charge on any atom is -0.494 e. The van der Waals surface area contributed by atoms with E-state index < -0.39 is 21.7 Å². The number of carbonyl (C=O) groups excluding carboxylic acids is 1. The van der Waals surface area contributed by atoms with Crippen LogP contribution in [0.2, 0.25) is 0 Å². The molecule has 0 spiro atoms. The molecular formula is C101H102F2N30O6S. The third kappa shape index (κ3) is 24.4. The SMILES string of the molecule is CCOc1ccc(Nc2nccc3n[nH]c(C)c23)cc1.CCOc1cccc(Nc2nccc3n[nH]c(C)c23)c1.CCOc1ccccc1Nc1nccc2n[nH]c(C)c12.Cc1[nH]nc2ccnc(Nc3cc(F)cc(F)c3)c12.Cc1[nH]nc2ccnc(Nc3ccc(C(=O)N(C)C)cc3)c12.Cc1[nH]nc2ccnc(Nc3cccc(NS(C)(=O)=O)c3)c12.Cc1[nH]nc2ccnc(Nc3ccccc3)c12. The van der Waals surface area contributed by atoms with E-state index in [1.165, 1.54) is 12.1 Å². The van der Waals surface area contributed by atoms with E-state index in [0.29, 0.717) is 48.4 Å². The standard InChI is InChI=1S/C16H17N5O.3C15H16N4O.C14H15N5O2S.C13H10F2N4.C13H12N4/c1-10-14-13(20-19-10)8-9-17-15(14)18-12-6-4-11(5-7-12)16(22)21(2)3;1-3-20-12-6-4-11(5-7-12)17-15-14-10(2)18-19-13(14)8-9-16-15;1-3-20-12-6-4-5-11(9-12)17-15-14-10(2)18-19-13(14)7-8-16-15;1-3-20-13-7-5-4-6-11(13)17-15-14-10(2)18-19-12(14)8-9-16-15;1-9-13-12(18-17-9)6-7-15-14(13)16-10-4-3-5-11(8-10)19-22(2,20)21;1-7-12-11(19-18-7)2-3-16-13(12)17-10-5-8(14)4-9(15)6-10;1-9-12-11(17-16-9)7-8-14-13(12)15-10-5-3-2-4-6-10/h4-9H,1-3H3,(H,17,18)(H,19,20);3*4-9H,3H2,1-2H3,(H,16,17)(H,18,19);3-8,19H,1-2H3,(H,15,16)(H,17,18);2-6H,1H3,(H,16,17)(H,18,19);2-8H,1H3,(H,14,15)(H,16,17). The highest BCUT2D eigenvalue weighted by atomic mass is 32.2. The number of rotatable bonds is 23. The van der Waals surface area contributed by atoms with E-state index in [1.807, 2.05) is 227 Å². The number of nitrogens with one attached hydrogen (secondary N) is 15. The molecule has 39 heteroatoms. The van der Waals surface area contributed by atoms with E-state index in [1.54, 1.807) is 98.8 Å². The fraction of sp³-hybridized carbons (Fsp3) is 0.158. The summed E-state index contributed by atoms with van der Waals surface area (Å²) in [4.78, 5) is 43.9. The molecule has 7 aromatic carbocycles. The van der Waals surface area contributed by atoms with Crippen LogP contribution in [0.4, 0.5) is 95.0 Å². The highest BCUT2D eigenvalue weighted by Gasteiger charge is 2.19. The van der Waals surface area contributed by atoms with Crippen molar-refractivity contribution in [3.05, 3.63) is 313 Å². The van der Waals surface area contributed by atoms with Crippen LogP contribution in [0.15, 0.2) is 256 Å². The summed E-state index contributed by atoms with van der Waals surface area (Å²) in [6.07, 6.45) is 13.1. The molecule has 36 nitrogen and oxygen atoms in total. The fourth-order valence-electron chi connectivity index (χ4n) is 14.9. The number of hydrogen-bond acceptors (Lipinski definition) is 27. The first-order valence-corrected chi connectivity index (χ1v) is 46.2. The van der Waals surface area contributed by atoms with Gasteiger partial charge in [-0.15, -0.1) is 0 Å². The number of ether oxygens (including phenoxy) is 3. The second-order valence-corrected chi connectivity index (χ2v) is 33.5. The van der Waals surface area contributed by atoms with Gasteiger partial charge in [0.2, 0.25) is 10.0 Å². The lowest BCUT2D eigenvalue weighted by Gasteiger charge is -2.12. The van der Waals surface area contributed by atoms with Gasteiger partial charge in [0.25, 0.3) is 5.91 Å². The number of anilines is 15. The molecule has 0 saturated carbocycles. The Labute approximate surface area is 802 Å². The molecule has 21 aromatic rings. The molecule has 1 amide bonds. The smallest absolute Gasteiger partial charge is 0.253 e. The van der Waals surface area contributed by atoms with Gasteiger partial charge in [0.1, 0.15) is 69.6 Å². The summed E-state index contributed by atoms with van der Waals surface area (Å²) in [5, 5.41) is 79.5. The van der Waals surface area contributed by atoms with Crippen molar-refractivity contribution in [2.75, 3.05) is 82.1 Å². The Morgan fingerprint density at radius 3 is 0.979 bits per heavy atom. The van der Waals surface area contributed by atoms with Gasteiger partial charge in [-0.3, -0.25) is 45.2 Å². The lowest BCUT2D eigenvalue weighted by atomic mass is 10.2. The Morgan fingerprint density at radius 1 is 0.314 bits per heavy atom. The lowest BCUT2D eigenvalue weighted by Crippen LogP contribution is -2.21. The van der Waals surface area contributed by atoms with Gasteiger partial charge in [-0.2, -0.15) is 35.7 Å². The van der Waals surface area contributed by atoms with E-state index in [4.69, 9.17) is 14.2 Å². The molecule has 14 heterocycles. The topological polar surface area (TPSA) is 469 Å². The largest absolute Gasteiger partial charge is 0.494 e. The Morgan fingerprint density at radius 2 is 0.614 bits per heavy atom. The number of carbonyl (C=O) groups is 1. The maximum atomic E-state index is 13.1. The van der Waals surface area contributed by atoms with E-state index in [-0.39, 0.29) is 5.91 Å². The maximum Gasteiger partial charge on any atom is 0.253 e. The minimum atomic E-state index is -3.31. The van der Waals surface area contributed by atoms with Gasteiger partial charge in [0.15, 0.2) is 0 Å². The van der Waals surface area contributed by atoms with Crippen molar-refractivity contribution in [2.45, 2.75) is 69.2 Å². The fourth-order valence-corrected chi connectivity index (χ4v) is 15.4. The molecular weight excluding hydrogens is 1800 g/mol. The molecule has 0 aliphatic carbocycles. The second kappa shape index (κ2) is 44.9. The summed E-state index contributed by atoms with van der Waals surface area (Å²) < 4.78 is 67.9. The number of aryl methyl sites for hydroxylation is 7. The zero-order chi connectivity index (χ0) is 98.4. The molecule has 0 fully saturated rings. The van der Waals surface area contributed by atoms with Gasteiger partial charge in [0.05, 0.1) is 114 Å². The Bertz CT molecular complexity index is 7920. The van der Waals surface area contributed by atoms with Gasteiger partial charge >= 0.3 is 0 Å². The molecule has 712 valence electrons. The van der Waals surface area contributed by atoms with Gasteiger partial charge in [0, 0.05) is 149 Å². The number of nitrogens with zero attached hydrogens (tertiary/aromatic N) is 15. The summed E-state index contributed by atoms with van der Waals surface area (Å²) in [5.41, 5.74) is 19.7. The molecule has 0 radical (unpaired) electrons. The van der Waals surface area contributed by atoms with Crippen LogP contribution < -0.4 is 56.2 Å². The van der Waals surface area contributed by atoms with Crippen LogP contribution >= 0.6 is 0 Å². The Kier molecular flexibility index (Phi) is 30.9. The molecule has 0 aliphatic rings. The number of aromatic nitrogens is 21. The van der Waals surface area contributed by atoms with Gasteiger partial charge in [-0.05, 0) is 227 Å². The van der Waals surface area contributed by atoms with Gasteiger partial charge in [-0.1, -0.05) is 42.5 Å². The quantitative estimate of drug-likeness (QED) is 0.0283. The van der Waals surface area contributed by atoms with Crippen molar-refractivity contribution in [3.8, 4) is 17.2 Å². The second-order valence-electron chi connectivity index (χ2n) is 31.8. The van der Waals surface area contributed by atoms with Crippen LogP contribution in [0, 0.1) is 60.1 Å². The molecule has 0 bridgehead atoms. The summed E-state index contributed by atoms with van der Waals surface area (Å²) in [6.45, 7) is 21.5. The number of amides is 1. The highest BCUT2D eigenvalue weighted by Crippen LogP contribution is 2.36. The number of hydrogen-bond donors (Lipinski definition) is 15. The van der Waals surface area contributed by atoms with Gasteiger partial charge in [-0.25, -0.2) is 52.1 Å². The third-order valence-corrected chi connectivity index (χ3v) is 21.8. The number of fused-ring (bicyclic) bond motifs is 7. The van der Waals surface area contributed by atoms with Crippen molar-refractivity contribution in [3.63, 3.8) is 0 Å². The highest BCUT2D eigenvalue weighted by molar-refractivity contribution is 7.92. The van der Waals surface area contributed by atoms with Crippen molar-refractivity contribution in [1.82, 2.24) is 111 Å². The Balaban J connectivity index is 0.000000124. The Hall–Kier alpha value is -18.0. The molecule has 0 unspecified atom stereocenters. The summed E-state index contributed by atoms with van der Waals surface area (Å²) >= 11 is 0. The van der Waals surface area contributed by atoms with Crippen LogP contribution in [0.25, 0.3) is 76.3 Å². The maximum absolute atomic E-state index is 13.1. The zero-order valence-electron chi connectivity index (χ0n) is 78.7. The molecule has 21 rings (SSSR count). The van der Waals surface area contributed by atoms with Crippen LogP contribution in [-0.4, -0.2) is 166 Å². The normalized spacial score (nSPS) is 10.8. The first kappa shape index (κ1) is 96.5. The lowest BCUT2D eigenvalue weighted by molar-refractivity contribution is 0.0827. The molecule has 15 N–H and O–H groups in total. The number of aromatic amines is 7. The predicted molar refractivity (Wildman–Crippen MR) is 548 cm³/mol. The average Bonchev–Trinajstić information content (AvgIpc) is 1.66. The molecule has 140 heavy (non-hydrogen) atoms. The van der Waals surface area contributed by atoms with Gasteiger partial charge < -0.3 is 56.3 Å². The first-order chi connectivity index (χ1) is 67.8. The zero-order valence-corrected chi connectivity index (χ0v) is 79.5. The van der Waals surface area contributed by atoms with Crippen LogP contribution in [0.1, 0.15) is 71.0 Å². The van der Waals surface area contributed by atoms with Crippen molar-refractivity contribution >= 4 is 178 Å². The first-order valence-electron chi connectivity index (χ1n) is 44.4. The number of halogens is 2. The molecule has 0 atom stereocenters. The summed E-state index contributed by atoms with van der Waals surface area (Å²) in [5.74, 6) is 6.35. The number of benzene rings is 7.